The predicted octanol–water partition coefficient (Wildman–Crippen LogP) is 5.78. The zero-order chi connectivity index (χ0) is 18.2. The lowest BCUT2D eigenvalue weighted by molar-refractivity contribution is -0.138. The molecular formula is C17H10F6N2. The number of benzene rings is 2. The Bertz CT molecular complexity index is 861. The smallest absolute Gasteiger partial charge is 0.277 e. The Labute approximate surface area is 138 Å². The van der Waals surface area contributed by atoms with Crippen LogP contribution in [0.4, 0.5) is 26.3 Å². The number of hydrogen-bond donors (Lipinski definition) is 1. The third-order valence-corrected chi connectivity index (χ3v) is 3.60. The van der Waals surface area contributed by atoms with Crippen molar-refractivity contribution in [3.05, 3.63) is 65.7 Å². The minimum absolute atomic E-state index is 0.0324. The van der Waals surface area contributed by atoms with E-state index < -0.39 is 23.5 Å². The van der Waals surface area contributed by atoms with Gasteiger partial charge in [0.05, 0.1) is 11.3 Å². The molecule has 1 aromatic heterocycles. The number of H-pyrrole nitrogens is 1. The lowest BCUT2D eigenvalue weighted by Gasteiger charge is -2.11. The average Bonchev–Trinajstić information content (AvgIpc) is 3.00. The second-order valence-electron chi connectivity index (χ2n) is 5.26. The molecule has 0 aliphatic rings. The van der Waals surface area contributed by atoms with Crippen LogP contribution in [0.25, 0.3) is 22.5 Å². The number of aromatic amines is 1. The van der Waals surface area contributed by atoms with Crippen LogP contribution in [-0.2, 0) is 12.4 Å². The van der Waals surface area contributed by atoms with E-state index in [1.54, 1.807) is 18.2 Å². The standard InChI is InChI=1S/C17H10F6N2/c18-16(19,20)12-8-6-11(7-9-12)15-13(17(21,22)23)14(24-25-15)10-4-2-1-3-5-10/h1-9H,(H,24,25). The van der Waals surface area contributed by atoms with Crippen molar-refractivity contribution in [2.45, 2.75) is 12.4 Å². The number of rotatable bonds is 2. The molecule has 0 bridgehead atoms. The van der Waals surface area contributed by atoms with E-state index in [0.29, 0.717) is 0 Å². The summed E-state index contributed by atoms with van der Waals surface area (Å²) in [7, 11) is 0. The molecule has 0 amide bonds. The van der Waals surface area contributed by atoms with Crippen molar-refractivity contribution < 1.29 is 26.3 Å². The van der Waals surface area contributed by atoms with E-state index in [9.17, 15) is 26.3 Å². The van der Waals surface area contributed by atoms with Crippen molar-refractivity contribution >= 4 is 0 Å². The van der Waals surface area contributed by atoms with Crippen LogP contribution >= 0.6 is 0 Å². The van der Waals surface area contributed by atoms with Crippen LogP contribution in [0.2, 0.25) is 0 Å². The van der Waals surface area contributed by atoms with E-state index in [0.717, 1.165) is 24.3 Å². The van der Waals surface area contributed by atoms with Crippen molar-refractivity contribution in [1.82, 2.24) is 10.2 Å². The van der Waals surface area contributed by atoms with Crippen molar-refractivity contribution in [2.24, 2.45) is 0 Å². The molecule has 0 fully saturated rings. The summed E-state index contributed by atoms with van der Waals surface area (Å²) >= 11 is 0. The molecule has 1 N–H and O–H groups in total. The molecule has 3 aromatic rings. The molecule has 0 atom stereocenters. The highest BCUT2D eigenvalue weighted by Crippen LogP contribution is 2.42. The number of aromatic nitrogens is 2. The quantitative estimate of drug-likeness (QED) is 0.579. The van der Waals surface area contributed by atoms with Gasteiger partial charge in [-0.05, 0) is 12.1 Å². The SMILES string of the molecule is FC(F)(F)c1ccc(-c2[nH]nc(-c3ccccc3)c2C(F)(F)F)cc1. The fourth-order valence-corrected chi connectivity index (χ4v) is 2.46. The van der Waals surface area contributed by atoms with E-state index in [1.807, 2.05) is 0 Å². The largest absolute Gasteiger partial charge is 0.420 e. The number of alkyl halides is 6. The minimum atomic E-state index is -4.73. The molecule has 25 heavy (non-hydrogen) atoms. The van der Waals surface area contributed by atoms with Crippen LogP contribution in [0.3, 0.4) is 0 Å². The van der Waals surface area contributed by atoms with Crippen LogP contribution in [0.5, 0.6) is 0 Å². The van der Waals surface area contributed by atoms with Crippen LogP contribution in [0.15, 0.2) is 54.6 Å². The molecule has 0 saturated carbocycles. The number of hydrogen-bond acceptors (Lipinski definition) is 1. The normalized spacial score (nSPS) is 12.4. The summed E-state index contributed by atoms with van der Waals surface area (Å²) in [5.41, 5.74) is -2.41. The molecule has 3 rings (SSSR count). The summed E-state index contributed by atoms with van der Waals surface area (Å²) < 4.78 is 78.5. The summed E-state index contributed by atoms with van der Waals surface area (Å²) in [5, 5.41) is 6.04. The van der Waals surface area contributed by atoms with Gasteiger partial charge in [0.25, 0.3) is 0 Å². The first kappa shape index (κ1) is 17.1. The number of nitrogens with one attached hydrogen (secondary N) is 1. The molecule has 8 heteroatoms. The molecule has 130 valence electrons. The van der Waals surface area contributed by atoms with E-state index in [2.05, 4.69) is 10.2 Å². The number of nitrogens with zero attached hydrogens (tertiary/aromatic N) is 1. The molecule has 0 saturated heterocycles. The summed E-state index contributed by atoms with van der Waals surface area (Å²) in [6.45, 7) is 0. The lowest BCUT2D eigenvalue weighted by Crippen LogP contribution is -2.08. The number of halogens is 6. The van der Waals surface area contributed by atoms with Crippen LogP contribution in [-0.4, -0.2) is 10.2 Å². The first-order valence-corrected chi connectivity index (χ1v) is 7.06. The maximum atomic E-state index is 13.5. The van der Waals surface area contributed by atoms with E-state index in [4.69, 9.17) is 0 Å². The van der Waals surface area contributed by atoms with Gasteiger partial charge in [-0.25, -0.2) is 0 Å². The van der Waals surface area contributed by atoms with Gasteiger partial charge in [-0.3, -0.25) is 5.10 Å². The Morgan fingerprint density at radius 1 is 0.680 bits per heavy atom. The minimum Gasteiger partial charge on any atom is -0.277 e. The van der Waals surface area contributed by atoms with E-state index >= 15 is 0 Å². The first-order valence-electron chi connectivity index (χ1n) is 7.06. The molecule has 0 radical (unpaired) electrons. The maximum absolute atomic E-state index is 13.5. The molecule has 2 aromatic carbocycles. The van der Waals surface area contributed by atoms with Gasteiger partial charge in [-0.1, -0.05) is 42.5 Å². The van der Waals surface area contributed by atoms with Crippen molar-refractivity contribution in [3.8, 4) is 22.5 Å². The third-order valence-electron chi connectivity index (χ3n) is 3.60. The second-order valence-corrected chi connectivity index (χ2v) is 5.26. The highest BCUT2D eigenvalue weighted by atomic mass is 19.4. The van der Waals surface area contributed by atoms with Crippen LogP contribution in [0, 0.1) is 0 Å². The molecule has 0 aliphatic heterocycles. The van der Waals surface area contributed by atoms with Gasteiger partial charge < -0.3 is 0 Å². The predicted molar refractivity (Wildman–Crippen MR) is 79.5 cm³/mol. The van der Waals surface area contributed by atoms with E-state index in [1.165, 1.54) is 12.1 Å². The Balaban J connectivity index is 2.13. The van der Waals surface area contributed by atoms with Gasteiger partial charge in [-0.15, -0.1) is 0 Å². The first-order chi connectivity index (χ1) is 11.7. The zero-order valence-corrected chi connectivity index (χ0v) is 12.4. The van der Waals surface area contributed by atoms with Gasteiger partial charge >= 0.3 is 12.4 Å². The van der Waals surface area contributed by atoms with Crippen LogP contribution in [0.1, 0.15) is 11.1 Å². The van der Waals surface area contributed by atoms with E-state index in [-0.39, 0.29) is 22.5 Å². The van der Waals surface area contributed by atoms with Gasteiger partial charge in [0.1, 0.15) is 11.3 Å². The lowest BCUT2D eigenvalue weighted by atomic mass is 10.0. The van der Waals surface area contributed by atoms with Gasteiger partial charge in [-0.2, -0.15) is 31.4 Å². The fourth-order valence-electron chi connectivity index (χ4n) is 2.46. The molecule has 2 nitrogen and oxygen atoms in total. The molecule has 0 aliphatic carbocycles. The Morgan fingerprint density at radius 2 is 1.28 bits per heavy atom. The van der Waals surface area contributed by atoms with Gasteiger partial charge in [0.15, 0.2) is 0 Å². The summed E-state index contributed by atoms with van der Waals surface area (Å²) in [5.74, 6) is 0. The van der Waals surface area contributed by atoms with Crippen molar-refractivity contribution in [1.29, 1.82) is 0 Å². The Kier molecular flexibility index (Phi) is 4.06. The van der Waals surface area contributed by atoms with Crippen LogP contribution < -0.4 is 0 Å². The summed E-state index contributed by atoms with van der Waals surface area (Å²) in [6, 6.07) is 11.2. The average molecular weight is 356 g/mol. The van der Waals surface area contributed by atoms with Crippen molar-refractivity contribution in [2.75, 3.05) is 0 Å². The highest BCUT2D eigenvalue weighted by Gasteiger charge is 2.39. The van der Waals surface area contributed by atoms with Gasteiger partial charge in [0.2, 0.25) is 0 Å². The summed E-state index contributed by atoms with van der Waals surface area (Å²) in [6.07, 6.45) is -9.29. The van der Waals surface area contributed by atoms with Crippen molar-refractivity contribution in [3.63, 3.8) is 0 Å². The maximum Gasteiger partial charge on any atom is 0.420 e. The monoisotopic (exact) mass is 356 g/mol. The van der Waals surface area contributed by atoms with Gasteiger partial charge in [0, 0.05) is 11.1 Å². The molecule has 0 spiro atoms. The highest BCUT2D eigenvalue weighted by molar-refractivity contribution is 5.75. The summed E-state index contributed by atoms with van der Waals surface area (Å²) in [4.78, 5) is 0. The molecule has 0 unspecified atom stereocenters. The second kappa shape index (κ2) is 5.94. The zero-order valence-electron chi connectivity index (χ0n) is 12.4. The topological polar surface area (TPSA) is 28.7 Å². The molecule has 1 heterocycles. The Hall–Kier alpha value is -2.77. The third kappa shape index (κ3) is 3.38. The Morgan fingerprint density at radius 3 is 1.80 bits per heavy atom. The molecular weight excluding hydrogens is 346 g/mol. The fraction of sp³-hybridized carbons (Fsp3) is 0.118.